The van der Waals surface area contributed by atoms with Gasteiger partial charge in [0.2, 0.25) is 11.8 Å². The fourth-order valence-electron chi connectivity index (χ4n) is 1.77. The number of pyridine rings is 1. The third-order valence-corrected chi connectivity index (χ3v) is 2.72. The van der Waals surface area contributed by atoms with E-state index >= 15 is 0 Å². The maximum atomic E-state index is 10.9. The summed E-state index contributed by atoms with van der Waals surface area (Å²) >= 11 is 0. The minimum Gasteiger partial charge on any atom is -0.439 e. The van der Waals surface area contributed by atoms with E-state index in [2.05, 4.69) is 4.98 Å². The van der Waals surface area contributed by atoms with Gasteiger partial charge in [0.05, 0.1) is 5.56 Å². The minimum atomic E-state index is -0.510. The molecule has 0 unspecified atom stereocenters. The molecule has 0 saturated heterocycles. The standard InChI is InChI=1S/C15H17N3O2.ClH/c1-10(16)8-11-2-5-13(6-3-11)20-14-7-4-12(9-18-14)15(17)19;/h2-7,9-10H,8,16H2,1H3,(H2,17,19);1H/t10-;/m1./s1. The number of halogens is 1. The molecule has 0 saturated carbocycles. The van der Waals surface area contributed by atoms with Crippen molar-refractivity contribution < 1.29 is 9.53 Å². The number of carbonyl (C=O) groups is 1. The Labute approximate surface area is 129 Å². The van der Waals surface area contributed by atoms with Gasteiger partial charge in [0.15, 0.2) is 0 Å². The Hall–Kier alpha value is -2.11. The van der Waals surface area contributed by atoms with E-state index in [0.29, 0.717) is 17.2 Å². The van der Waals surface area contributed by atoms with Gasteiger partial charge in [-0.05, 0) is 37.1 Å². The summed E-state index contributed by atoms with van der Waals surface area (Å²) in [4.78, 5) is 15.0. The molecule has 1 aromatic heterocycles. The molecule has 1 heterocycles. The van der Waals surface area contributed by atoms with Gasteiger partial charge in [-0.3, -0.25) is 4.79 Å². The molecule has 5 nitrogen and oxygen atoms in total. The molecule has 0 spiro atoms. The second kappa shape index (κ2) is 7.61. The van der Waals surface area contributed by atoms with Crippen LogP contribution in [-0.2, 0) is 6.42 Å². The van der Waals surface area contributed by atoms with Crippen LogP contribution in [0.5, 0.6) is 11.6 Å². The number of aromatic nitrogens is 1. The van der Waals surface area contributed by atoms with Crippen molar-refractivity contribution in [1.29, 1.82) is 0 Å². The molecule has 21 heavy (non-hydrogen) atoms. The fourth-order valence-corrected chi connectivity index (χ4v) is 1.77. The average Bonchev–Trinajstić information content (AvgIpc) is 2.41. The van der Waals surface area contributed by atoms with Crippen molar-refractivity contribution in [2.24, 2.45) is 11.5 Å². The van der Waals surface area contributed by atoms with Crippen LogP contribution in [-0.4, -0.2) is 16.9 Å². The number of hydrogen-bond acceptors (Lipinski definition) is 4. The lowest BCUT2D eigenvalue weighted by molar-refractivity contribution is 0.1000. The summed E-state index contributed by atoms with van der Waals surface area (Å²) in [6.07, 6.45) is 2.22. The molecule has 1 amide bonds. The number of carbonyl (C=O) groups excluding carboxylic acids is 1. The Balaban J connectivity index is 0.00000220. The number of primary amides is 1. The first-order valence-electron chi connectivity index (χ1n) is 6.33. The largest absolute Gasteiger partial charge is 0.439 e. The van der Waals surface area contributed by atoms with Gasteiger partial charge in [-0.1, -0.05) is 12.1 Å². The second-order valence-electron chi connectivity index (χ2n) is 4.68. The number of benzene rings is 1. The Morgan fingerprint density at radius 3 is 2.38 bits per heavy atom. The van der Waals surface area contributed by atoms with Crippen LogP contribution in [0.3, 0.4) is 0 Å². The Bertz CT molecular complexity index is 583. The summed E-state index contributed by atoms with van der Waals surface area (Å²) in [6.45, 7) is 1.97. The Kier molecular flexibility index (Phi) is 6.14. The maximum Gasteiger partial charge on any atom is 0.250 e. The summed E-state index contributed by atoms with van der Waals surface area (Å²) in [5.41, 5.74) is 12.4. The highest BCUT2D eigenvalue weighted by atomic mass is 35.5. The summed E-state index contributed by atoms with van der Waals surface area (Å²) < 4.78 is 5.58. The van der Waals surface area contributed by atoms with E-state index < -0.39 is 5.91 Å². The molecule has 0 aliphatic rings. The van der Waals surface area contributed by atoms with Crippen LogP contribution in [0.4, 0.5) is 0 Å². The van der Waals surface area contributed by atoms with E-state index in [1.165, 1.54) is 6.20 Å². The molecule has 1 atom stereocenters. The third kappa shape index (κ3) is 5.06. The number of nitrogens with two attached hydrogens (primary N) is 2. The predicted octanol–water partition coefficient (Wildman–Crippen LogP) is 2.28. The zero-order valence-electron chi connectivity index (χ0n) is 11.7. The maximum absolute atomic E-state index is 10.9. The molecule has 0 fully saturated rings. The van der Waals surface area contributed by atoms with Gasteiger partial charge in [-0.2, -0.15) is 0 Å². The van der Waals surface area contributed by atoms with Crippen LogP contribution in [0, 0.1) is 0 Å². The van der Waals surface area contributed by atoms with Gasteiger partial charge >= 0.3 is 0 Å². The molecule has 112 valence electrons. The van der Waals surface area contributed by atoms with Crippen molar-refractivity contribution >= 4 is 18.3 Å². The van der Waals surface area contributed by atoms with E-state index in [4.69, 9.17) is 16.2 Å². The van der Waals surface area contributed by atoms with E-state index in [9.17, 15) is 4.79 Å². The molecule has 0 bridgehead atoms. The smallest absolute Gasteiger partial charge is 0.250 e. The minimum absolute atomic E-state index is 0. The lowest BCUT2D eigenvalue weighted by atomic mass is 10.1. The molecule has 1 aromatic carbocycles. The zero-order valence-corrected chi connectivity index (χ0v) is 12.5. The SMILES string of the molecule is C[C@@H](N)Cc1ccc(Oc2ccc(C(N)=O)cn2)cc1.Cl. The number of hydrogen-bond donors (Lipinski definition) is 2. The molecular weight excluding hydrogens is 290 g/mol. The number of nitrogens with zero attached hydrogens (tertiary/aromatic N) is 1. The summed E-state index contributed by atoms with van der Waals surface area (Å²) in [6, 6.07) is 11.0. The quantitative estimate of drug-likeness (QED) is 0.886. The first-order chi connectivity index (χ1) is 9.54. The molecular formula is C15H18ClN3O2. The van der Waals surface area contributed by atoms with E-state index in [1.807, 2.05) is 31.2 Å². The van der Waals surface area contributed by atoms with Gasteiger partial charge in [0.25, 0.3) is 0 Å². The van der Waals surface area contributed by atoms with Crippen molar-refractivity contribution in [2.45, 2.75) is 19.4 Å². The van der Waals surface area contributed by atoms with Crippen LogP contribution >= 0.6 is 12.4 Å². The normalized spacial score (nSPS) is 11.3. The highest BCUT2D eigenvalue weighted by molar-refractivity contribution is 5.92. The summed E-state index contributed by atoms with van der Waals surface area (Å²) in [7, 11) is 0. The van der Waals surface area contributed by atoms with Gasteiger partial charge in [0.1, 0.15) is 5.75 Å². The number of ether oxygens (including phenoxy) is 1. The highest BCUT2D eigenvalue weighted by Gasteiger charge is 2.03. The lowest BCUT2D eigenvalue weighted by Crippen LogP contribution is -2.17. The number of rotatable bonds is 5. The van der Waals surface area contributed by atoms with Gasteiger partial charge in [-0.15, -0.1) is 12.4 Å². The van der Waals surface area contributed by atoms with Gasteiger partial charge in [-0.25, -0.2) is 4.98 Å². The average molecular weight is 308 g/mol. The first kappa shape index (κ1) is 16.9. The number of amides is 1. The van der Waals surface area contributed by atoms with Crippen molar-refractivity contribution in [3.63, 3.8) is 0 Å². The van der Waals surface area contributed by atoms with E-state index in [-0.39, 0.29) is 18.4 Å². The molecule has 2 aromatic rings. The lowest BCUT2D eigenvalue weighted by Gasteiger charge is -2.08. The second-order valence-corrected chi connectivity index (χ2v) is 4.68. The van der Waals surface area contributed by atoms with E-state index in [0.717, 1.165) is 12.0 Å². The topological polar surface area (TPSA) is 91.2 Å². The van der Waals surface area contributed by atoms with E-state index in [1.54, 1.807) is 12.1 Å². The van der Waals surface area contributed by atoms with Crippen LogP contribution in [0.2, 0.25) is 0 Å². The predicted molar refractivity (Wildman–Crippen MR) is 83.9 cm³/mol. The Morgan fingerprint density at radius 1 is 1.24 bits per heavy atom. The zero-order chi connectivity index (χ0) is 14.5. The van der Waals surface area contributed by atoms with Crippen molar-refractivity contribution in [2.75, 3.05) is 0 Å². The molecule has 2 rings (SSSR count). The molecule has 0 aliphatic carbocycles. The monoisotopic (exact) mass is 307 g/mol. The molecule has 6 heteroatoms. The van der Waals surface area contributed by atoms with Crippen LogP contribution in [0.15, 0.2) is 42.6 Å². The van der Waals surface area contributed by atoms with Crippen molar-refractivity contribution in [3.8, 4) is 11.6 Å². The summed E-state index contributed by atoms with van der Waals surface area (Å²) in [5, 5.41) is 0. The van der Waals surface area contributed by atoms with Crippen LogP contribution < -0.4 is 16.2 Å². The van der Waals surface area contributed by atoms with Crippen molar-refractivity contribution in [1.82, 2.24) is 4.98 Å². The van der Waals surface area contributed by atoms with Gasteiger partial charge in [0, 0.05) is 18.3 Å². The van der Waals surface area contributed by atoms with Gasteiger partial charge < -0.3 is 16.2 Å². The summed E-state index contributed by atoms with van der Waals surface area (Å²) in [5.74, 6) is 0.581. The molecule has 0 radical (unpaired) electrons. The van der Waals surface area contributed by atoms with Crippen LogP contribution in [0.1, 0.15) is 22.8 Å². The third-order valence-electron chi connectivity index (χ3n) is 2.72. The highest BCUT2D eigenvalue weighted by Crippen LogP contribution is 2.20. The Morgan fingerprint density at radius 2 is 1.90 bits per heavy atom. The van der Waals surface area contributed by atoms with Crippen LogP contribution in [0.25, 0.3) is 0 Å². The molecule has 0 aliphatic heterocycles. The molecule has 4 N–H and O–H groups in total. The fraction of sp³-hybridized carbons (Fsp3) is 0.200. The first-order valence-corrected chi connectivity index (χ1v) is 6.33. The van der Waals surface area contributed by atoms with Crippen molar-refractivity contribution in [3.05, 3.63) is 53.7 Å².